The van der Waals surface area contributed by atoms with Crippen molar-refractivity contribution in [2.45, 2.75) is 33.7 Å². The molecule has 0 radical (unpaired) electrons. The number of aromatic nitrogens is 2. The van der Waals surface area contributed by atoms with Gasteiger partial charge in [0, 0.05) is 50.6 Å². The van der Waals surface area contributed by atoms with Crippen molar-refractivity contribution < 1.29 is 9.53 Å². The summed E-state index contributed by atoms with van der Waals surface area (Å²) in [4.78, 5) is 31.0. The molecule has 2 aliphatic heterocycles. The van der Waals surface area contributed by atoms with Crippen molar-refractivity contribution in [3.63, 3.8) is 0 Å². The van der Waals surface area contributed by atoms with Crippen LogP contribution in [0.4, 0.5) is 5.82 Å². The van der Waals surface area contributed by atoms with E-state index < -0.39 is 0 Å². The van der Waals surface area contributed by atoms with Crippen molar-refractivity contribution >= 4 is 33.3 Å². The van der Waals surface area contributed by atoms with Gasteiger partial charge in [0.2, 0.25) is 5.91 Å². The Morgan fingerprint density at radius 3 is 2.46 bits per heavy atom. The molecule has 7 nitrogen and oxygen atoms in total. The fraction of sp³-hybridized carbons (Fsp3) is 0.650. The third kappa shape index (κ3) is 3.86. The average Bonchev–Trinajstić information content (AvgIpc) is 3.01. The van der Waals surface area contributed by atoms with Gasteiger partial charge in [-0.1, -0.05) is 6.92 Å². The van der Waals surface area contributed by atoms with Crippen LogP contribution >= 0.6 is 11.3 Å². The number of aryl methyl sites for hydroxylation is 2. The zero-order valence-electron chi connectivity index (χ0n) is 17.0. The fourth-order valence-electron chi connectivity index (χ4n) is 3.92. The molecule has 0 spiro atoms. The first-order valence-electron chi connectivity index (χ1n) is 10.2. The van der Waals surface area contributed by atoms with E-state index in [1.165, 1.54) is 15.8 Å². The van der Waals surface area contributed by atoms with Gasteiger partial charge in [0.25, 0.3) is 0 Å². The van der Waals surface area contributed by atoms with E-state index in [1.54, 1.807) is 11.3 Å². The number of carbonyl (C=O) groups is 1. The summed E-state index contributed by atoms with van der Waals surface area (Å²) in [6.07, 6.45) is 0.574. The van der Waals surface area contributed by atoms with E-state index in [2.05, 4.69) is 23.6 Å². The monoisotopic (exact) mass is 403 g/mol. The Morgan fingerprint density at radius 2 is 1.79 bits per heavy atom. The predicted octanol–water partition coefficient (Wildman–Crippen LogP) is 2.20. The van der Waals surface area contributed by atoms with Gasteiger partial charge < -0.3 is 14.5 Å². The minimum absolute atomic E-state index is 0.239. The molecule has 2 fully saturated rings. The van der Waals surface area contributed by atoms with Gasteiger partial charge in [-0.05, 0) is 19.4 Å². The Morgan fingerprint density at radius 1 is 1.07 bits per heavy atom. The van der Waals surface area contributed by atoms with Crippen molar-refractivity contribution in [3.05, 3.63) is 16.3 Å². The summed E-state index contributed by atoms with van der Waals surface area (Å²) in [5, 5.41) is 1.18. The minimum Gasteiger partial charge on any atom is -0.379 e. The number of nitrogens with zero attached hydrogens (tertiary/aromatic N) is 5. The molecule has 8 heteroatoms. The molecule has 28 heavy (non-hydrogen) atoms. The van der Waals surface area contributed by atoms with Gasteiger partial charge in [0.1, 0.15) is 16.5 Å². The number of morpholine rings is 1. The number of ether oxygens (including phenoxy) is 1. The van der Waals surface area contributed by atoms with Crippen LogP contribution in [0, 0.1) is 13.8 Å². The van der Waals surface area contributed by atoms with Crippen LogP contribution in [0.15, 0.2) is 0 Å². The van der Waals surface area contributed by atoms with Crippen LogP contribution in [-0.2, 0) is 16.1 Å². The summed E-state index contributed by atoms with van der Waals surface area (Å²) in [6.45, 7) is 13.6. The van der Waals surface area contributed by atoms with Crippen LogP contribution in [0.25, 0.3) is 10.2 Å². The molecular weight excluding hydrogens is 374 g/mol. The maximum Gasteiger partial charge on any atom is 0.222 e. The lowest BCUT2D eigenvalue weighted by atomic mass is 10.2. The highest BCUT2D eigenvalue weighted by Crippen LogP contribution is 2.35. The molecule has 0 N–H and O–H groups in total. The quantitative estimate of drug-likeness (QED) is 0.780. The highest BCUT2D eigenvalue weighted by molar-refractivity contribution is 7.18. The molecule has 4 heterocycles. The number of anilines is 1. The van der Waals surface area contributed by atoms with Gasteiger partial charge in [0.15, 0.2) is 0 Å². The number of carbonyl (C=O) groups excluding carboxylic acids is 1. The normalized spacial score (nSPS) is 18.8. The molecule has 0 saturated carbocycles. The van der Waals surface area contributed by atoms with Crippen LogP contribution < -0.4 is 4.90 Å². The number of hydrogen-bond donors (Lipinski definition) is 0. The van der Waals surface area contributed by atoms with E-state index in [9.17, 15) is 4.79 Å². The summed E-state index contributed by atoms with van der Waals surface area (Å²) < 4.78 is 5.46. The SMILES string of the molecule is CCC(=O)N1CCN(c2nc(CN3CCOCC3)nc3sc(C)c(C)c23)CC1. The second-order valence-electron chi connectivity index (χ2n) is 7.54. The minimum atomic E-state index is 0.239. The van der Waals surface area contributed by atoms with E-state index in [0.29, 0.717) is 6.42 Å². The van der Waals surface area contributed by atoms with E-state index >= 15 is 0 Å². The molecule has 2 aromatic heterocycles. The van der Waals surface area contributed by atoms with Crippen LogP contribution in [0.1, 0.15) is 29.6 Å². The van der Waals surface area contributed by atoms with E-state index in [1.807, 2.05) is 11.8 Å². The van der Waals surface area contributed by atoms with E-state index in [0.717, 1.165) is 75.5 Å². The lowest BCUT2D eigenvalue weighted by molar-refractivity contribution is -0.131. The van der Waals surface area contributed by atoms with Crippen LogP contribution in [-0.4, -0.2) is 78.2 Å². The highest BCUT2D eigenvalue weighted by atomic mass is 32.1. The fourth-order valence-corrected chi connectivity index (χ4v) is 4.96. The van der Waals surface area contributed by atoms with Crippen molar-refractivity contribution in [1.82, 2.24) is 19.8 Å². The molecular formula is C20H29N5O2S. The van der Waals surface area contributed by atoms with E-state index in [-0.39, 0.29) is 5.91 Å². The van der Waals surface area contributed by atoms with Crippen molar-refractivity contribution in [3.8, 4) is 0 Å². The summed E-state index contributed by atoms with van der Waals surface area (Å²) in [5.41, 5.74) is 1.28. The molecule has 0 atom stereocenters. The highest BCUT2D eigenvalue weighted by Gasteiger charge is 2.25. The number of fused-ring (bicyclic) bond motifs is 1. The van der Waals surface area contributed by atoms with Crippen molar-refractivity contribution in [2.24, 2.45) is 0 Å². The number of amides is 1. The van der Waals surface area contributed by atoms with Crippen LogP contribution in [0.3, 0.4) is 0 Å². The molecule has 2 aliphatic rings. The predicted molar refractivity (Wildman–Crippen MR) is 112 cm³/mol. The topological polar surface area (TPSA) is 61.8 Å². The molecule has 1 amide bonds. The molecule has 4 rings (SSSR count). The van der Waals surface area contributed by atoms with E-state index in [4.69, 9.17) is 14.7 Å². The van der Waals surface area contributed by atoms with Gasteiger partial charge in [-0.2, -0.15) is 0 Å². The zero-order chi connectivity index (χ0) is 19.7. The first-order valence-corrected chi connectivity index (χ1v) is 11.0. The molecule has 152 valence electrons. The Balaban J connectivity index is 1.63. The Labute approximate surface area is 170 Å². The average molecular weight is 404 g/mol. The summed E-state index contributed by atoms with van der Waals surface area (Å²) in [6, 6.07) is 0. The Kier molecular flexibility index (Phi) is 5.80. The van der Waals surface area contributed by atoms with Gasteiger partial charge >= 0.3 is 0 Å². The lowest BCUT2D eigenvalue weighted by Crippen LogP contribution is -2.49. The molecule has 2 aromatic rings. The van der Waals surface area contributed by atoms with Gasteiger partial charge in [-0.15, -0.1) is 11.3 Å². The first kappa shape index (κ1) is 19.5. The lowest BCUT2D eigenvalue weighted by Gasteiger charge is -2.36. The maximum absolute atomic E-state index is 12.0. The Bertz CT molecular complexity index is 854. The molecule has 0 aliphatic carbocycles. The number of rotatable bonds is 4. The third-order valence-corrected chi connectivity index (χ3v) is 6.86. The standard InChI is InChI=1S/C20H29N5O2S/c1-4-17(26)24-5-7-25(8-6-24)19-18-14(2)15(3)28-20(18)22-16(21-19)13-23-9-11-27-12-10-23/h4-13H2,1-3H3. The Hall–Kier alpha value is -1.77. The van der Waals surface area contributed by atoms with Crippen LogP contribution in [0.5, 0.6) is 0 Å². The third-order valence-electron chi connectivity index (χ3n) is 5.76. The molecule has 2 saturated heterocycles. The smallest absolute Gasteiger partial charge is 0.222 e. The summed E-state index contributed by atoms with van der Waals surface area (Å²) in [5.74, 6) is 2.17. The second-order valence-corrected chi connectivity index (χ2v) is 8.74. The van der Waals surface area contributed by atoms with Crippen molar-refractivity contribution in [2.75, 3.05) is 57.4 Å². The van der Waals surface area contributed by atoms with Gasteiger partial charge in [-0.25, -0.2) is 9.97 Å². The van der Waals surface area contributed by atoms with Crippen LogP contribution in [0.2, 0.25) is 0 Å². The van der Waals surface area contributed by atoms with Gasteiger partial charge in [0.05, 0.1) is 25.1 Å². The number of thiophene rings is 1. The van der Waals surface area contributed by atoms with Gasteiger partial charge in [-0.3, -0.25) is 9.69 Å². The largest absolute Gasteiger partial charge is 0.379 e. The maximum atomic E-state index is 12.0. The second kappa shape index (κ2) is 8.31. The zero-order valence-corrected chi connectivity index (χ0v) is 17.8. The molecule has 0 bridgehead atoms. The molecule has 0 unspecified atom stereocenters. The molecule has 0 aromatic carbocycles. The number of piperazine rings is 1. The summed E-state index contributed by atoms with van der Waals surface area (Å²) >= 11 is 1.76. The number of hydrogen-bond acceptors (Lipinski definition) is 7. The first-order chi connectivity index (χ1) is 13.6. The summed E-state index contributed by atoms with van der Waals surface area (Å²) in [7, 11) is 0. The van der Waals surface area contributed by atoms with Crippen molar-refractivity contribution in [1.29, 1.82) is 0 Å².